The molecule has 6 nitrogen and oxygen atoms in total. The highest BCUT2D eigenvalue weighted by molar-refractivity contribution is 5.87. The van der Waals surface area contributed by atoms with Gasteiger partial charge in [-0.05, 0) is 6.92 Å². The van der Waals surface area contributed by atoms with Gasteiger partial charge in [0.2, 0.25) is 11.8 Å². The van der Waals surface area contributed by atoms with Crippen LogP contribution in [-0.2, 0) is 14.3 Å². The lowest BCUT2D eigenvalue weighted by Crippen LogP contribution is -2.43. The van der Waals surface area contributed by atoms with E-state index >= 15 is 0 Å². The molecular formula is C10H19N3O3. The normalized spacial score (nSPS) is 11.9. The predicted molar refractivity (Wildman–Crippen MR) is 60.4 cm³/mol. The SMILES string of the molecule is C=C(C)COCCNC(=O)C(N)CC(N)=O. The van der Waals surface area contributed by atoms with E-state index in [1.54, 1.807) is 0 Å². The minimum absolute atomic E-state index is 0.154. The molecule has 0 aromatic heterocycles. The fourth-order valence-electron chi connectivity index (χ4n) is 0.933. The lowest BCUT2D eigenvalue weighted by Gasteiger charge is -2.10. The summed E-state index contributed by atoms with van der Waals surface area (Å²) in [7, 11) is 0. The fraction of sp³-hybridized carbons (Fsp3) is 0.600. The van der Waals surface area contributed by atoms with Crippen LogP contribution in [0.2, 0.25) is 0 Å². The molecule has 0 aromatic rings. The van der Waals surface area contributed by atoms with E-state index in [1.807, 2.05) is 6.92 Å². The lowest BCUT2D eigenvalue weighted by molar-refractivity contribution is -0.126. The molecular weight excluding hydrogens is 210 g/mol. The topological polar surface area (TPSA) is 107 Å². The van der Waals surface area contributed by atoms with E-state index < -0.39 is 17.9 Å². The first-order chi connectivity index (χ1) is 7.43. The van der Waals surface area contributed by atoms with Crippen LogP contribution < -0.4 is 16.8 Å². The Morgan fingerprint density at radius 2 is 2.12 bits per heavy atom. The van der Waals surface area contributed by atoms with E-state index in [1.165, 1.54) is 0 Å². The van der Waals surface area contributed by atoms with Crippen LogP contribution >= 0.6 is 0 Å². The maximum absolute atomic E-state index is 11.3. The van der Waals surface area contributed by atoms with Gasteiger partial charge in [0.05, 0.1) is 25.7 Å². The Morgan fingerprint density at radius 3 is 2.62 bits per heavy atom. The summed E-state index contributed by atoms with van der Waals surface area (Å²) < 4.78 is 5.16. The Labute approximate surface area is 95.0 Å². The van der Waals surface area contributed by atoms with Gasteiger partial charge in [0, 0.05) is 6.54 Å². The first-order valence-electron chi connectivity index (χ1n) is 4.97. The van der Waals surface area contributed by atoms with Crippen molar-refractivity contribution >= 4 is 11.8 Å². The van der Waals surface area contributed by atoms with Gasteiger partial charge in [0.25, 0.3) is 0 Å². The molecule has 0 aliphatic rings. The summed E-state index contributed by atoms with van der Waals surface area (Å²) in [6, 6.07) is -0.890. The van der Waals surface area contributed by atoms with Gasteiger partial charge in [0.15, 0.2) is 0 Å². The second-order valence-electron chi connectivity index (χ2n) is 3.58. The molecule has 2 amide bonds. The van der Waals surface area contributed by atoms with Crippen molar-refractivity contribution in [1.29, 1.82) is 0 Å². The number of nitrogens with two attached hydrogens (primary N) is 2. The quantitative estimate of drug-likeness (QED) is 0.362. The first kappa shape index (κ1) is 14.6. The number of rotatable bonds is 8. The number of carbonyl (C=O) groups excluding carboxylic acids is 2. The van der Waals surface area contributed by atoms with Crippen LogP contribution in [0.15, 0.2) is 12.2 Å². The van der Waals surface area contributed by atoms with Crippen LogP contribution in [-0.4, -0.2) is 37.6 Å². The van der Waals surface area contributed by atoms with Gasteiger partial charge in [-0.2, -0.15) is 0 Å². The van der Waals surface area contributed by atoms with E-state index in [2.05, 4.69) is 11.9 Å². The van der Waals surface area contributed by atoms with Crippen LogP contribution in [0.5, 0.6) is 0 Å². The maximum atomic E-state index is 11.3. The molecule has 0 fully saturated rings. The van der Waals surface area contributed by atoms with Gasteiger partial charge in [-0.3, -0.25) is 9.59 Å². The van der Waals surface area contributed by atoms with Crippen LogP contribution in [0.25, 0.3) is 0 Å². The summed E-state index contributed by atoms with van der Waals surface area (Å²) >= 11 is 0. The molecule has 0 bridgehead atoms. The van der Waals surface area contributed by atoms with Crippen molar-refractivity contribution in [1.82, 2.24) is 5.32 Å². The smallest absolute Gasteiger partial charge is 0.237 e. The largest absolute Gasteiger partial charge is 0.375 e. The Balaban J connectivity index is 3.57. The van der Waals surface area contributed by atoms with Gasteiger partial charge in [0.1, 0.15) is 0 Å². The summed E-state index contributed by atoms with van der Waals surface area (Å²) in [6.07, 6.45) is -0.154. The van der Waals surface area contributed by atoms with Gasteiger partial charge in [-0.1, -0.05) is 12.2 Å². The van der Waals surface area contributed by atoms with Crippen molar-refractivity contribution in [2.24, 2.45) is 11.5 Å². The average Bonchev–Trinajstić information content (AvgIpc) is 2.15. The van der Waals surface area contributed by atoms with Gasteiger partial charge in [-0.25, -0.2) is 0 Å². The highest BCUT2D eigenvalue weighted by Crippen LogP contribution is 1.88. The zero-order chi connectivity index (χ0) is 12.6. The van der Waals surface area contributed by atoms with E-state index in [4.69, 9.17) is 16.2 Å². The second kappa shape index (κ2) is 7.84. The van der Waals surface area contributed by atoms with E-state index in [-0.39, 0.29) is 6.42 Å². The fourth-order valence-corrected chi connectivity index (χ4v) is 0.933. The molecule has 92 valence electrons. The second-order valence-corrected chi connectivity index (χ2v) is 3.58. The summed E-state index contributed by atoms with van der Waals surface area (Å²) in [5.41, 5.74) is 11.2. The summed E-state index contributed by atoms with van der Waals surface area (Å²) in [6.45, 7) is 6.70. The highest BCUT2D eigenvalue weighted by Gasteiger charge is 2.14. The van der Waals surface area contributed by atoms with Crippen molar-refractivity contribution in [3.8, 4) is 0 Å². The summed E-state index contributed by atoms with van der Waals surface area (Å²) in [4.78, 5) is 21.8. The van der Waals surface area contributed by atoms with Crippen LogP contribution in [0, 0.1) is 0 Å². The molecule has 0 heterocycles. The Bertz CT molecular complexity index is 266. The van der Waals surface area contributed by atoms with Crippen molar-refractivity contribution in [2.45, 2.75) is 19.4 Å². The third kappa shape index (κ3) is 7.95. The van der Waals surface area contributed by atoms with Crippen molar-refractivity contribution in [3.63, 3.8) is 0 Å². The zero-order valence-corrected chi connectivity index (χ0v) is 9.49. The van der Waals surface area contributed by atoms with Crippen molar-refractivity contribution in [3.05, 3.63) is 12.2 Å². The Hall–Kier alpha value is -1.40. The molecule has 0 radical (unpaired) electrons. The number of carbonyl (C=O) groups is 2. The van der Waals surface area contributed by atoms with E-state index in [0.29, 0.717) is 19.8 Å². The Kier molecular flexibility index (Phi) is 7.15. The summed E-state index contributed by atoms with van der Waals surface area (Å²) in [5.74, 6) is -1.00. The van der Waals surface area contributed by atoms with E-state index in [0.717, 1.165) is 5.57 Å². The molecule has 16 heavy (non-hydrogen) atoms. The molecule has 0 saturated carbocycles. The molecule has 6 heteroatoms. The maximum Gasteiger partial charge on any atom is 0.237 e. The molecule has 0 aliphatic heterocycles. The number of primary amides is 1. The number of hydrogen-bond acceptors (Lipinski definition) is 4. The number of amides is 2. The summed E-state index contributed by atoms with van der Waals surface area (Å²) in [5, 5.41) is 2.54. The standard InChI is InChI=1S/C10H19N3O3/c1-7(2)6-16-4-3-13-10(15)8(11)5-9(12)14/h8H,1,3-6,11H2,2H3,(H2,12,14)(H,13,15). The Morgan fingerprint density at radius 1 is 1.50 bits per heavy atom. The van der Waals surface area contributed by atoms with E-state index in [9.17, 15) is 9.59 Å². The monoisotopic (exact) mass is 229 g/mol. The highest BCUT2D eigenvalue weighted by atomic mass is 16.5. The molecule has 1 unspecified atom stereocenters. The molecule has 0 saturated heterocycles. The van der Waals surface area contributed by atoms with Crippen molar-refractivity contribution in [2.75, 3.05) is 19.8 Å². The average molecular weight is 229 g/mol. The minimum Gasteiger partial charge on any atom is -0.375 e. The van der Waals surface area contributed by atoms with Crippen molar-refractivity contribution < 1.29 is 14.3 Å². The molecule has 1 atom stereocenters. The first-order valence-corrected chi connectivity index (χ1v) is 4.97. The number of nitrogens with one attached hydrogen (secondary N) is 1. The molecule has 0 aliphatic carbocycles. The van der Waals surface area contributed by atoms with Crippen LogP contribution in [0.1, 0.15) is 13.3 Å². The molecule has 0 rings (SSSR count). The number of ether oxygens (including phenoxy) is 1. The van der Waals surface area contributed by atoms with Gasteiger partial charge < -0.3 is 21.5 Å². The zero-order valence-electron chi connectivity index (χ0n) is 9.49. The predicted octanol–water partition coefficient (Wildman–Crippen LogP) is -1.10. The third-order valence-corrected chi connectivity index (χ3v) is 1.65. The molecule has 0 aromatic carbocycles. The van der Waals surface area contributed by atoms with Gasteiger partial charge >= 0.3 is 0 Å². The lowest BCUT2D eigenvalue weighted by atomic mass is 10.2. The minimum atomic E-state index is -0.890. The molecule has 0 spiro atoms. The van der Waals surface area contributed by atoms with Gasteiger partial charge in [-0.15, -0.1) is 0 Å². The number of hydrogen-bond donors (Lipinski definition) is 3. The van der Waals surface area contributed by atoms with Crippen LogP contribution in [0.4, 0.5) is 0 Å². The third-order valence-electron chi connectivity index (χ3n) is 1.65. The molecule has 5 N–H and O–H groups in total. The van der Waals surface area contributed by atoms with Crippen LogP contribution in [0.3, 0.4) is 0 Å².